The van der Waals surface area contributed by atoms with Crippen LogP contribution in [0.5, 0.6) is 0 Å². The van der Waals surface area contributed by atoms with Crippen molar-refractivity contribution in [3.8, 4) is 0 Å². The van der Waals surface area contributed by atoms with Crippen molar-refractivity contribution in [2.24, 2.45) is 5.10 Å². The van der Waals surface area contributed by atoms with E-state index in [0.29, 0.717) is 137 Å². The first-order valence-electron chi connectivity index (χ1n) is 47.5. The zero-order valence-corrected chi connectivity index (χ0v) is 83.8. The number of pyridine rings is 3. The largest absolute Gasteiger partial charge is 0.480 e. The van der Waals surface area contributed by atoms with Crippen LogP contribution in [0.25, 0.3) is 21.8 Å². The molecule has 0 saturated heterocycles. The fraction of sp³-hybridized carbons (Fsp3) is 0.404. The fourth-order valence-corrected chi connectivity index (χ4v) is 17.8. The van der Waals surface area contributed by atoms with Crippen molar-refractivity contribution in [1.29, 1.82) is 0 Å². The number of aromatic amines is 2. The molecule has 0 spiro atoms. The van der Waals surface area contributed by atoms with E-state index in [0.717, 1.165) is 45.4 Å². The summed E-state index contributed by atoms with van der Waals surface area (Å²) in [6.45, 7) is 19.0. The van der Waals surface area contributed by atoms with Crippen LogP contribution in [-0.2, 0) is 101 Å². The number of rotatable bonds is 59. The van der Waals surface area contributed by atoms with Gasteiger partial charge in [0.2, 0.25) is 56.3 Å². The van der Waals surface area contributed by atoms with Gasteiger partial charge in [0, 0.05) is 203 Å². The van der Waals surface area contributed by atoms with E-state index < -0.39 is 91.2 Å². The number of aromatic nitrogens is 7. The summed E-state index contributed by atoms with van der Waals surface area (Å²) in [5.74, 6) is -5.65. The molecule has 5 aromatic carbocycles. The molecule has 0 radical (unpaired) electrons. The summed E-state index contributed by atoms with van der Waals surface area (Å²) in [7, 11) is -8.84. The number of hydrazone groups is 1. The number of imidazole rings is 2. The van der Waals surface area contributed by atoms with Gasteiger partial charge < -0.3 is 97.3 Å². The molecule has 0 aliphatic heterocycles. The van der Waals surface area contributed by atoms with Crippen LogP contribution in [0.15, 0.2) is 165 Å². The normalized spacial score (nSPS) is 12.0. The van der Waals surface area contributed by atoms with Gasteiger partial charge in [-0.05, 0) is 175 Å². The smallest absolute Gasteiger partial charge is 0.323 e. The number of carboxylic acids is 2. The molecule has 19 N–H and O–H groups in total. The summed E-state index contributed by atoms with van der Waals surface area (Å²) in [5.41, 5.74) is 9.75. The molecule has 5 aromatic heterocycles. The first-order valence-corrected chi connectivity index (χ1v) is 50.4. The molecule has 0 bridgehead atoms. The van der Waals surface area contributed by atoms with E-state index >= 15 is 0 Å². The average molecular weight is 2040 g/mol. The first-order chi connectivity index (χ1) is 69.4. The number of nitrogens with one attached hydrogen (secondary N) is 16. The average Bonchev–Trinajstić information content (AvgIpc) is 0.874. The Morgan fingerprint density at radius 1 is 0.503 bits per heavy atom. The number of benzene rings is 5. The quantitative estimate of drug-likeness (QED) is 0.00899. The topological polar surface area (TPSA) is 630 Å². The molecule has 3 atom stereocenters. The van der Waals surface area contributed by atoms with Gasteiger partial charge in [-0.2, -0.15) is 18.2 Å². The molecule has 778 valence electrons. The summed E-state index contributed by atoms with van der Waals surface area (Å²) in [6, 6.07) is 22.3. The van der Waals surface area contributed by atoms with Crippen LogP contribution >= 0.6 is 0 Å². The second-order valence-electron chi connectivity index (χ2n) is 34.2. The molecule has 0 aliphatic rings. The number of nitrogens with zero attached hydrogens (tertiary/aromatic N) is 6. The molecule has 9 amide bonds. The lowest BCUT2D eigenvalue weighted by Crippen LogP contribution is -2.49. The summed E-state index contributed by atoms with van der Waals surface area (Å²) in [4.78, 5) is 186. The lowest BCUT2D eigenvalue weighted by Gasteiger charge is -2.19. The number of sulfonamides is 1. The highest BCUT2D eigenvalue weighted by Crippen LogP contribution is 2.25. The number of hydrogen-bond donors (Lipinski definition) is 19. The lowest BCUT2D eigenvalue weighted by molar-refractivity contribution is -0.140. The number of aryl methyl sites for hydroxylation is 8. The summed E-state index contributed by atoms with van der Waals surface area (Å²) < 4.78 is 76.2. The van der Waals surface area contributed by atoms with Crippen LogP contribution in [0.2, 0.25) is 0 Å². The minimum atomic E-state index is -4.48. The molecule has 145 heavy (non-hydrogen) atoms. The number of carboxylic acid groups (broad SMARTS) is 2. The lowest BCUT2D eigenvalue weighted by atomic mass is 9.99. The predicted octanol–water partition coefficient (Wildman–Crippen LogP) is 6.00. The minimum absolute atomic E-state index is 0.00101. The van der Waals surface area contributed by atoms with Gasteiger partial charge in [-0.3, -0.25) is 77.6 Å². The second kappa shape index (κ2) is 57.4. The Bertz CT molecular complexity index is 6510. The third-order valence-electron chi connectivity index (χ3n) is 22.7. The van der Waals surface area contributed by atoms with Crippen LogP contribution < -0.4 is 84.8 Å². The molecule has 5 heterocycles. The minimum Gasteiger partial charge on any atom is -0.480 e. The Kier molecular flexibility index (Phi) is 44.9. The summed E-state index contributed by atoms with van der Waals surface area (Å²) in [6.07, 6.45) is 15.0. The summed E-state index contributed by atoms with van der Waals surface area (Å²) >= 11 is 0. The Morgan fingerprint density at radius 2 is 0.966 bits per heavy atom. The molecular formula is C99H128N22O22S2. The Balaban J connectivity index is 0.000000363. The van der Waals surface area contributed by atoms with Gasteiger partial charge in [0.25, 0.3) is 27.8 Å². The Morgan fingerprint density at radius 3 is 1.41 bits per heavy atom. The fourth-order valence-electron chi connectivity index (χ4n) is 15.5. The van der Waals surface area contributed by atoms with E-state index in [9.17, 15) is 93.9 Å². The van der Waals surface area contributed by atoms with Crippen molar-refractivity contribution >= 4 is 131 Å². The molecule has 0 saturated carbocycles. The molecular weight excluding hydrogens is 1910 g/mol. The number of ether oxygens (including phenoxy) is 2. The van der Waals surface area contributed by atoms with Crippen LogP contribution in [0.3, 0.4) is 0 Å². The zero-order chi connectivity index (χ0) is 105. The van der Waals surface area contributed by atoms with E-state index in [4.69, 9.17) is 9.47 Å². The zero-order valence-electron chi connectivity index (χ0n) is 82.2. The Hall–Kier alpha value is -15.0. The number of likely N-dealkylation sites (N-methyl/N-ethyl adjacent to an activating group) is 1. The molecule has 44 nitrogen and oxygen atoms in total. The predicted molar refractivity (Wildman–Crippen MR) is 544 cm³/mol. The Labute approximate surface area is 838 Å². The molecule has 10 rings (SSSR count). The van der Waals surface area contributed by atoms with Gasteiger partial charge in [0.15, 0.2) is 11.9 Å². The molecule has 3 unspecified atom stereocenters. The number of H-pyrrole nitrogens is 2. The molecule has 0 fully saturated rings. The van der Waals surface area contributed by atoms with Crippen LogP contribution in [-0.4, -0.2) is 234 Å². The van der Waals surface area contributed by atoms with Gasteiger partial charge in [0.05, 0.1) is 27.7 Å². The highest BCUT2D eigenvalue weighted by atomic mass is 32.2. The van der Waals surface area contributed by atoms with Crippen molar-refractivity contribution < 1.29 is 93.8 Å². The van der Waals surface area contributed by atoms with Crippen molar-refractivity contribution in [2.45, 2.75) is 193 Å². The third-order valence-corrected chi connectivity index (χ3v) is 25.4. The van der Waals surface area contributed by atoms with E-state index in [1.807, 2.05) is 45.9 Å². The molecule has 10 aromatic rings. The maximum atomic E-state index is 13.9. The number of carbonyl (C=O) groups excluding carboxylic acids is 9. The van der Waals surface area contributed by atoms with Gasteiger partial charge in [-0.25, -0.2) is 23.4 Å². The number of anilines is 3. The number of aliphatic carboxylic acids is 2. The molecule has 46 heteroatoms. The van der Waals surface area contributed by atoms with Crippen molar-refractivity contribution in [2.75, 3.05) is 94.8 Å². The molecule has 0 aliphatic carbocycles. The number of fused-ring (bicyclic) bond motifs is 2. The van der Waals surface area contributed by atoms with Crippen molar-refractivity contribution in [3.63, 3.8) is 0 Å². The van der Waals surface area contributed by atoms with Gasteiger partial charge in [-0.15, -0.1) is 0 Å². The number of carbonyl (C=O) groups is 11. The van der Waals surface area contributed by atoms with E-state index in [1.165, 1.54) is 55.1 Å². The number of hydrogen-bond acceptors (Lipinski definition) is 27. The monoisotopic (exact) mass is 2040 g/mol. The van der Waals surface area contributed by atoms with Gasteiger partial charge in [0.1, 0.15) is 40.0 Å². The van der Waals surface area contributed by atoms with E-state index in [-0.39, 0.29) is 151 Å². The summed E-state index contributed by atoms with van der Waals surface area (Å²) in [5, 5.41) is 58.0. The van der Waals surface area contributed by atoms with Gasteiger partial charge in [-0.1, -0.05) is 72.6 Å². The van der Waals surface area contributed by atoms with Crippen molar-refractivity contribution in [1.82, 2.24) is 91.9 Å². The maximum Gasteiger partial charge on any atom is 0.323 e. The maximum absolute atomic E-state index is 13.9. The third kappa shape index (κ3) is 36.7. The van der Waals surface area contributed by atoms with Crippen LogP contribution in [0.4, 0.5) is 17.7 Å². The highest BCUT2D eigenvalue weighted by Gasteiger charge is 2.31. The van der Waals surface area contributed by atoms with Crippen LogP contribution in [0.1, 0.15) is 178 Å². The first kappa shape index (κ1) is 114. The van der Waals surface area contributed by atoms with Crippen molar-refractivity contribution in [3.05, 3.63) is 233 Å². The SMILES string of the molecule is CCCOCCCNC(=O)CCC(=O)NCCCn1cc(C(=O)NCC(NCc2c(C)cc(C)cc2C)C(=O)O)c(=O)c2ccc(CNc3ncc[nH]3)cc21.CCNC(=O)C(CCC(=O)NCCCOCCCNC(=O)CCC(=O)NCCCn1cc(C(=O)NCC(NS(=O)(=O)c2c(C)cc(C)cc2C)C(=O)O)c(=O)c2ccc(CNc3ncc[nH]3)cc21)NC(=O)c1ccc(N/N=C\c2ccccc2S(=O)(=O)O)nc1. The van der Waals surface area contributed by atoms with Crippen LogP contribution in [0, 0.1) is 41.5 Å². The highest BCUT2D eigenvalue weighted by molar-refractivity contribution is 7.89. The van der Waals surface area contributed by atoms with E-state index in [2.05, 4.69) is 104 Å². The standard InChI is InChI=1S/C59H74N14O15S2.C40H54N8O7/c1-5-60-57(80)45(70-55(78)42-14-17-49(66-33-42)71-69-34-41-11-6-7-12-48(41)90(85,86)87)16-18-50(74)62-22-9-27-88-28-10-23-63-52(76)20-19-51(75)61-21-8-26-73-36-44(53(77)43-15-13-40(31-47(43)73)32-68-59-64-24-25-65-59)56(79)67-35-46(58(81)82)72-89(83,84)54-38(3)29-37(2)30-39(54)4;1-5-17-55-18-7-13-42-36(50)11-10-35(49)41-12-6-16-48-25-32(37(51)30-9-8-29(21-34(30)48)22-47-40-43-14-15-44-40)38(52)46-24-33(39(53)54)45-23-31-27(3)19-26(2)20-28(31)4/h6-7,11-15,17,24-25,29-31,33-34,36,45-46,72H,5,8-10,16,18-23,26-28,32,35H2,1-4H3,(H,60,80)(H,61,75)(H,62,74)(H,63,76)(H,66,71)(H,67,79)(H,70,78)(H,81,82)(H2,64,65,68)(H,85,86,87);8-9,14-15,19-21,25,33,45H,5-7,10-13,16-18,22-24H2,1-4H3,(H,41,49)(H,42,50)(H,46,52)(H,53,54)(H2,43,44,47)/b69-34-;. The van der Waals surface area contributed by atoms with E-state index in [1.54, 1.807) is 110 Å². The number of amides is 9. The van der Waals surface area contributed by atoms with Gasteiger partial charge >= 0.3 is 11.9 Å². The second-order valence-corrected chi connectivity index (χ2v) is 37.3.